The Morgan fingerprint density at radius 3 is 2.27 bits per heavy atom. The van der Waals surface area contributed by atoms with Crippen LogP contribution in [0.2, 0.25) is 0 Å². The van der Waals surface area contributed by atoms with E-state index in [2.05, 4.69) is 26.8 Å². The van der Waals surface area contributed by atoms with Crippen LogP contribution in [-0.2, 0) is 0 Å². The molecule has 2 N–H and O–H groups in total. The van der Waals surface area contributed by atoms with Gasteiger partial charge in [-0.15, -0.1) is 0 Å². The normalized spacial score (nSPS) is 14.5. The number of hydrogen-bond donors (Lipinski definition) is 1. The van der Waals surface area contributed by atoms with Crippen LogP contribution >= 0.6 is 0 Å². The average molecular weight is 155 g/mol. The zero-order valence-corrected chi connectivity index (χ0v) is 8.01. The van der Waals surface area contributed by atoms with Gasteiger partial charge in [0.15, 0.2) is 0 Å². The van der Waals surface area contributed by atoms with Gasteiger partial charge in [-0.25, -0.2) is 0 Å². The van der Waals surface area contributed by atoms with Crippen LogP contribution in [0.4, 0.5) is 0 Å². The van der Waals surface area contributed by atoms with Crippen LogP contribution < -0.4 is 5.73 Å². The smallest absolute Gasteiger partial charge is 0.0100 e. The monoisotopic (exact) mass is 155 g/mol. The molecule has 0 aliphatic heterocycles. The van der Waals surface area contributed by atoms with E-state index in [1.54, 1.807) is 6.20 Å². The Morgan fingerprint density at radius 2 is 1.82 bits per heavy atom. The highest BCUT2D eigenvalue weighted by molar-refractivity contribution is 4.81. The van der Waals surface area contributed by atoms with Crippen molar-refractivity contribution in [3.8, 4) is 0 Å². The van der Waals surface area contributed by atoms with E-state index in [0.717, 1.165) is 5.92 Å². The summed E-state index contributed by atoms with van der Waals surface area (Å²) >= 11 is 0. The molecule has 1 nitrogen and oxygen atoms in total. The minimum Gasteiger partial charge on any atom is -0.405 e. The van der Waals surface area contributed by atoms with E-state index >= 15 is 0 Å². The summed E-state index contributed by atoms with van der Waals surface area (Å²) in [4.78, 5) is 0. The fourth-order valence-corrected chi connectivity index (χ4v) is 1.13. The number of rotatable bonds is 5. The molecular formula is C10H21N. The first-order chi connectivity index (χ1) is 5.16. The minimum atomic E-state index is 0.652. The number of nitrogens with two attached hydrogens (primary N) is 1. The summed E-state index contributed by atoms with van der Waals surface area (Å²) in [6.45, 7) is 6.75. The first kappa shape index (κ1) is 10.5. The molecule has 1 unspecified atom stereocenters. The summed E-state index contributed by atoms with van der Waals surface area (Å²) < 4.78 is 0. The molecule has 0 bridgehead atoms. The van der Waals surface area contributed by atoms with Crippen LogP contribution in [-0.4, -0.2) is 0 Å². The second-order valence-corrected chi connectivity index (χ2v) is 3.69. The third-order valence-electron chi connectivity index (χ3n) is 1.88. The first-order valence-corrected chi connectivity index (χ1v) is 4.55. The average Bonchev–Trinajstić information content (AvgIpc) is 1.87. The molecule has 1 heteroatoms. The SMILES string of the molecule is CC(C)CCCC(C)/C=C/N. The zero-order chi connectivity index (χ0) is 8.69. The molecule has 0 heterocycles. The van der Waals surface area contributed by atoms with Gasteiger partial charge in [-0.05, 0) is 24.5 Å². The molecule has 0 aliphatic carbocycles. The van der Waals surface area contributed by atoms with Crippen LogP contribution in [0.1, 0.15) is 40.0 Å². The van der Waals surface area contributed by atoms with Crippen LogP contribution in [0.3, 0.4) is 0 Å². The molecular weight excluding hydrogens is 134 g/mol. The van der Waals surface area contributed by atoms with Crippen molar-refractivity contribution >= 4 is 0 Å². The zero-order valence-electron chi connectivity index (χ0n) is 8.01. The van der Waals surface area contributed by atoms with E-state index in [1.807, 2.05) is 0 Å². The Hall–Kier alpha value is -0.460. The molecule has 0 fully saturated rings. The van der Waals surface area contributed by atoms with E-state index in [9.17, 15) is 0 Å². The molecule has 0 saturated carbocycles. The fraction of sp³-hybridized carbons (Fsp3) is 0.800. The summed E-state index contributed by atoms with van der Waals surface area (Å²) in [6.07, 6.45) is 7.65. The van der Waals surface area contributed by atoms with E-state index in [0.29, 0.717) is 5.92 Å². The molecule has 0 aromatic carbocycles. The van der Waals surface area contributed by atoms with E-state index in [-0.39, 0.29) is 0 Å². The summed E-state index contributed by atoms with van der Waals surface area (Å²) in [6, 6.07) is 0. The third-order valence-corrected chi connectivity index (χ3v) is 1.88. The lowest BCUT2D eigenvalue weighted by atomic mass is 10.00. The van der Waals surface area contributed by atoms with Crippen LogP contribution in [0.15, 0.2) is 12.3 Å². The standard InChI is InChI=1S/C10H21N/c1-9(2)5-4-6-10(3)7-8-11/h7-10H,4-6,11H2,1-3H3/b8-7+. The van der Waals surface area contributed by atoms with Crippen molar-refractivity contribution in [2.45, 2.75) is 40.0 Å². The van der Waals surface area contributed by atoms with E-state index in [4.69, 9.17) is 5.73 Å². The molecule has 0 aliphatic rings. The lowest BCUT2D eigenvalue weighted by Crippen LogP contribution is -1.94. The number of hydrogen-bond acceptors (Lipinski definition) is 1. The van der Waals surface area contributed by atoms with Crippen LogP contribution in [0.25, 0.3) is 0 Å². The summed E-state index contributed by atoms with van der Waals surface area (Å²) in [5, 5.41) is 0. The fourth-order valence-electron chi connectivity index (χ4n) is 1.13. The van der Waals surface area contributed by atoms with Gasteiger partial charge in [-0.1, -0.05) is 39.7 Å². The Bertz CT molecular complexity index is 105. The Labute approximate surface area is 70.7 Å². The lowest BCUT2D eigenvalue weighted by Gasteiger charge is -2.06. The second-order valence-electron chi connectivity index (χ2n) is 3.69. The van der Waals surface area contributed by atoms with Gasteiger partial charge in [0.05, 0.1) is 0 Å². The Morgan fingerprint density at radius 1 is 1.18 bits per heavy atom. The van der Waals surface area contributed by atoms with Gasteiger partial charge in [0.1, 0.15) is 0 Å². The van der Waals surface area contributed by atoms with Crippen LogP contribution in [0.5, 0.6) is 0 Å². The maximum atomic E-state index is 5.28. The van der Waals surface area contributed by atoms with Crippen molar-refractivity contribution in [2.24, 2.45) is 17.6 Å². The van der Waals surface area contributed by atoms with Gasteiger partial charge < -0.3 is 5.73 Å². The van der Waals surface area contributed by atoms with Crippen molar-refractivity contribution in [1.82, 2.24) is 0 Å². The quantitative estimate of drug-likeness (QED) is 0.649. The molecule has 66 valence electrons. The van der Waals surface area contributed by atoms with Crippen molar-refractivity contribution in [3.63, 3.8) is 0 Å². The van der Waals surface area contributed by atoms with Gasteiger partial charge in [0, 0.05) is 0 Å². The highest BCUT2D eigenvalue weighted by Gasteiger charge is 1.98. The largest absolute Gasteiger partial charge is 0.405 e. The van der Waals surface area contributed by atoms with Crippen molar-refractivity contribution < 1.29 is 0 Å². The Balaban J connectivity index is 3.24. The van der Waals surface area contributed by atoms with Gasteiger partial charge in [-0.3, -0.25) is 0 Å². The molecule has 0 amide bonds. The number of allylic oxidation sites excluding steroid dienone is 1. The first-order valence-electron chi connectivity index (χ1n) is 4.55. The molecule has 0 aromatic heterocycles. The second kappa shape index (κ2) is 6.26. The third kappa shape index (κ3) is 7.44. The van der Waals surface area contributed by atoms with Gasteiger partial charge in [-0.2, -0.15) is 0 Å². The van der Waals surface area contributed by atoms with Gasteiger partial charge >= 0.3 is 0 Å². The predicted octanol–water partition coefficient (Wildman–Crippen LogP) is 2.92. The molecule has 0 aromatic rings. The summed E-state index contributed by atoms with van der Waals surface area (Å²) in [5.41, 5.74) is 5.28. The van der Waals surface area contributed by atoms with E-state index < -0.39 is 0 Å². The van der Waals surface area contributed by atoms with Crippen LogP contribution in [0, 0.1) is 11.8 Å². The van der Waals surface area contributed by atoms with Gasteiger partial charge in [0.25, 0.3) is 0 Å². The summed E-state index contributed by atoms with van der Waals surface area (Å²) in [7, 11) is 0. The van der Waals surface area contributed by atoms with Crippen molar-refractivity contribution in [2.75, 3.05) is 0 Å². The highest BCUT2D eigenvalue weighted by atomic mass is 14.5. The molecule has 0 radical (unpaired) electrons. The topological polar surface area (TPSA) is 26.0 Å². The maximum Gasteiger partial charge on any atom is -0.0100 e. The minimum absolute atomic E-state index is 0.652. The lowest BCUT2D eigenvalue weighted by molar-refractivity contribution is 0.501. The molecule has 1 atom stereocenters. The predicted molar refractivity (Wildman–Crippen MR) is 51.2 cm³/mol. The maximum absolute atomic E-state index is 5.28. The van der Waals surface area contributed by atoms with Crippen molar-refractivity contribution in [3.05, 3.63) is 12.3 Å². The molecule has 0 rings (SSSR count). The molecule has 0 saturated heterocycles. The van der Waals surface area contributed by atoms with Gasteiger partial charge in [0.2, 0.25) is 0 Å². The highest BCUT2D eigenvalue weighted by Crippen LogP contribution is 2.12. The molecule has 11 heavy (non-hydrogen) atoms. The van der Waals surface area contributed by atoms with E-state index in [1.165, 1.54) is 19.3 Å². The Kier molecular flexibility index (Phi) is 6.00. The molecule has 0 spiro atoms. The summed E-state index contributed by atoms with van der Waals surface area (Å²) in [5.74, 6) is 1.49. The van der Waals surface area contributed by atoms with Crippen molar-refractivity contribution in [1.29, 1.82) is 0 Å².